The summed E-state index contributed by atoms with van der Waals surface area (Å²) in [5, 5.41) is 33.9. The molecule has 2 aromatic carbocycles. The zero-order valence-corrected chi connectivity index (χ0v) is 23.3. The molecule has 2 N–H and O–H groups in total. The van der Waals surface area contributed by atoms with Crippen LogP contribution in [-0.2, 0) is 5.44 Å². The fourth-order valence-corrected chi connectivity index (χ4v) is 4.78. The first kappa shape index (κ1) is 28.8. The van der Waals surface area contributed by atoms with Gasteiger partial charge in [0.2, 0.25) is 0 Å². The number of allylic oxidation sites excluding steroid dienone is 3. The summed E-state index contributed by atoms with van der Waals surface area (Å²) in [5.41, 5.74) is 0.371. The molecule has 1 atom stereocenters. The SMILES string of the molecule is [B]C(Nc1cc(Cl)c2ncc(C#N)c(NC(=C)/C(F)=C(Cl)\C=C/F)c2c1)(c1cccc(C#N)c1)c1cn(C2CC2)nn1. The maximum Gasteiger partial charge on any atom is 0.164 e. The van der Waals surface area contributed by atoms with E-state index in [1.165, 1.54) is 6.20 Å². The lowest BCUT2D eigenvalue weighted by molar-refractivity contribution is 0.610. The maximum absolute atomic E-state index is 14.8. The van der Waals surface area contributed by atoms with Crippen molar-refractivity contribution in [3.8, 4) is 12.1 Å². The number of nitrogens with zero attached hydrogens (tertiary/aromatic N) is 6. The van der Waals surface area contributed by atoms with Crippen LogP contribution in [-0.4, -0.2) is 27.8 Å². The highest BCUT2D eigenvalue weighted by atomic mass is 35.5. The Balaban J connectivity index is 1.64. The first-order valence-corrected chi connectivity index (χ1v) is 13.2. The summed E-state index contributed by atoms with van der Waals surface area (Å²) in [6, 6.07) is 14.3. The van der Waals surface area contributed by atoms with Crippen molar-refractivity contribution >= 4 is 53.3 Å². The number of pyridine rings is 1. The Hall–Kier alpha value is -4.71. The van der Waals surface area contributed by atoms with Gasteiger partial charge in [0.1, 0.15) is 19.6 Å². The number of nitriles is 2. The molecule has 42 heavy (non-hydrogen) atoms. The molecule has 0 bridgehead atoms. The fraction of sp³-hybridized carbons (Fsp3) is 0.138. The number of aromatic nitrogens is 4. The van der Waals surface area contributed by atoms with Gasteiger partial charge in [0.15, 0.2) is 5.83 Å². The van der Waals surface area contributed by atoms with Gasteiger partial charge in [-0.2, -0.15) is 10.5 Å². The standard InChI is InChI=1S/C29H19BCl2F2N8/c1-16(26(34)23(31)7-8-33)38-27-18(13-36)14-37-28-22(27)10-20(11-24(28)32)39-29(30,19-4-2-3-17(9-19)12-35)25-15-42(41-40-25)21-5-6-21/h2-4,7-11,14-15,21,39H,1,5-6H2,(H,37,38)/b8-7-,26-23-. The highest BCUT2D eigenvalue weighted by Gasteiger charge is 2.34. The number of benzene rings is 2. The Kier molecular flexibility index (Phi) is 7.99. The second-order valence-electron chi connectivity index (χ2n) is 9.51. The van der Waals surface area contributed by atoms with Crippen molar-refractivity contribution in [1.29, 1.82) is 10.5 Å². The molecule has 5 rings (SSSR count). The smallest absolute Gasteiger partial charge is 0.164 e. The van der Waals surface area contributed by atoms with Crippen molar-refractivity contribution < 1.29 is 8.78 Å². The second kappa shape index (κ2) is 11.7. The molecule has 206 valence electrons. The summed E-state index contributed by atoms with van der Waals surface area (Å²) in [6.07, 6.45) is 5.81. The molecule has 8 nitrogen and oxygen atoms in total. The molecule has 1 aliphatic carbocycles. The summed E-state index contributed by atoms with van der Waals surface area (Å²) in [6.45, 7) is 3.63. The van der Waals surface area contributed by atoms with E-state index in [-0.39, 0.29) is 34.3 Å². The van der Waals surface area contributed by atoms with Gasteiger partial charge in [-0.15, -0.1) is 5.10 Å². The molecule has 2 radical (unpaired) electrons. The Labute approximate surface area is 251 Å². The summed E-state index contributed by atoms with van der Waals surface area (Å²) >= 11 is 12.4. The topological polar surface area (TPSA) is 115 Å². The molecule has 2 aromatic heterocycles. The molecular formula is C29H19BCl2F2N8. The second-order valence-corrected chi connectivity index (χ2v) is 10.3. The van der Waals surface area contributed by atoms with Crippen molar-refractivity contribution in [2.24, 2.45) is 0 Å². The predicted octanol–water partition coefficient (Wildman–Crippen LogP) is 6.87. The average molecular weight is 599 g/mol. The molecule has 4 aromatic rings. The third kappa shape index (κ3) is 5.57. The molecule has 13 heteroatoms. The first-order chi connectivity index (χ1) is 20.2. The third-order valence-corrected chi connectivity index (χ3v) is 7.21. The third-order valence-electron chi connectivity index (χ3n) is 6.63. The van der Waals surface area contributed by atoms with E-state index in [0.29, 0.717) is 33.4 Å². The van der Waals surface area contributed by atoms with E-state index in [9.17, 15) is 19.3 Å². The molecule has 1 saturated carbocycles. The fourth-order valence-electron chi connectivity index (χ4n) is 4.35. The van der Waals surface area contributed by atoms with Gasteiger partial charge >= 0.3 is 0 Å². The van der Waals surface area contributed by atoms with Crippen LogP contribution in [0, 0.1) is 22.7 Å². The number of fused-ring (bicyclic) bond motifs is 1. The number of halogens is 4. The Morgan fingerprint density at radius 1 is 1.24 bits per heavy atom. The van der Waals surface area contributed by atoms with Crippen molar-refractivity contribution in [1.82, 2.24) is 20.0 Å². The van der Waals surface area contributed by atoms with Crippen molar-refractivity contribution in [2.45, 2.75) is 24.3 Å². The monoisotopic (exact) mass is 598 g/mol. The van der Waals surface area contributed by atoms with Gasteiger partial charge in [-0.3, -0.25) is 4.98 Å². The summed E-state index contributed by atoms with van der Waals surface area (Å²) in [5.74, 6) is -1.03. The zero-order valence-electron chi connectivity index (χ0n) is 21.7. The highest BCUT2D eigenvalue weighted by Crippen LogP contribution is 2.39. The lowest BCUT2D eigenvalue weighted by atomic mass is 9.69. The molecule has 0 amide bonds. The number of hydrogen-bond donors (Lipinski definition) is 2. The van der Waals surface area contributed by atoms with E-state index < -0.39 is 16.3 Å². The van der Waals surface area contributed by atoms with Gasteiger partial charge in [-0.1, -0.05) is 47.1 Å². The van der Waals surface area contributed by atoms with Crippen LogP contribution in [0.3, 0.4) is 0 Å². The van der Waals surface area contributed by atoms with Crippen LogP contribution in [0.1, 0.15) is 41.3 Å². The highest BCUT2D eigenvalue weighted by molar-refractivity contribution is 6.36. The van der Waals surface area contributed by atoms with Crippen LogP contribution < -0.4 is 10.6 Å². The molecule has 0 saturated heterocycles. The minimum atomic E-state index is -1.48. The first-order valence-electron chi connectivity index (χ1n) is 12.5. The molecule has 0 aliphatic heterocycles. The van der Waals surface area contributed by atoms with E-state index in [0.717, 1.165) is 18.9 Å². The molecule has 1 unspecified atom stereocenters. The largest absolute Gasteiger partial charge is 0.378 e. The van der Waals surface area contributed by atoms with Gasteiger partial charge in [-0.05, 0) is 48.7 Å². The quantitative estimate of drug-likeness (QED) is 0.159. The van der Waals surface area contributed by atoms with Crippen LogP contribution in [0.5, 0.6) is 0 Å². The summed E-state index contributed by atoms with van der Waals surface area (Å²) in [7, 11) is 7.02. The van der Waals surface area contributed by atoms with E-state index in [1.807, 2.05) is 6.07 Å². The maximum atomic E-state index is 14.8. The summed E-state index contributed by atoms with van der Waals surface area (Å²) < 4.78 is 29.1. The molecular weight excluding hydrogens is 580 g/mol. The molecule has 1 fully saturated rings. The van der Waals surface area contributed by atoms with Gasteiger partial charge in [0, 0.05) is 17.3 Å². The van der Waals surface area contributed by atoms with E-state index in [2.05, 4.69) is 38.6 Å². The molecule has 1 aliphatic rings. The van der Waals surface area contributed by atoms with E-state index >= 15 is 0 Å². The minimum Gasteiger partial charge on any atom is -0.378 e. The van der Waals surface area contributed by atoms with E-state index in [4.69, 9.17) is 31.0 Å². The molecule has 2 heterocycles. The average Bonchev–Trinajstić information content (AvgIpc) is 3.72. The van der Waals surface area contributed by atoms with Crippen LogP contribution in [0.4, 0.5) is 20.2 Å². The van der Waals surface area contributed by atoms with Gasteiger partial charge in [0.05, 0.1) is 68.2 Å². The van der Waals surface area contributed by atoms with Gasteiger partial charge < -0.3 is 10.6 Å². The number of hydrogen-bond acceptors (Lipinski definition) is 7. The van der Waals surface area contributed by atoms with Crippen molar-refractivity contribution in [3.63, 3.8) is 0 Å². The van der Waals surface area contributed by atoms with Crippen LogP contribution in [0.2, 0.25) is 5.02 Å². The Morgan fingerprint density at radius 3 is 2.71 bits per heavy atom. The Bertz CT molecular complexity index is 1870. The van der Waals surface area contributed by atoms with Crippen molar-refractivity contribution in [3.05, 3.63) is 112 Å². The van der Waals surface area contributed by atoms with Crippen LogP contribution in [0.15, 0.2) is 84.3 Å². The number of anilines is 2. The number of nitrogens with one attached hydrogen (secondary N) is 2. The van der Waals surface area contributed by atoms with Gasteiger partial charge in [-0.25, -0.2) is 13.5 Å². The minimum absolute atomic E-state index is 0.0509. The summed E-state index contributed by atoms with van der Waals surface area (Å²) in [4.78, 5) is 4.30. The van der Waals surface area contributed by atoms with E-state index in [1.54, 1.807) is 47.3 Å². The van der Waals surface area contributed by atoms with Crippen LogP contribution >= 0.6 is 23.2 Å². The lowest BCUT2D eigenvalue weighted by Gasteiger charge is -2.32. The zero-order chi connectivity index (χ0) is 30.0. The van der Waals surface area contributed by atoms with Crippen molar-refractivity contribution in [2.75, 3.05) is 10.6 Å². The Morgan fingerprint density at radius 2 is 2.02 bits per heavy atom. The van der Waals surface area contributed by atoms with Crippen LogP contribution in [0.25, 0.3) is 10.9 Å². The van der Waals surface area contributed by atoms with Gasteiger partial charge in [0.25, 0.3) is 0 Å². The number of rotatable bonds is 9. The predicted molar refractivity (Wildman–Crippen MR) is 158 cm³/mol. The lowest BCUT2D eigenvalue weighted by Crippen LogP contribution is -2.38. The normalized spacial score (nSPS) is 15.0. The molecule has 0 spiro atoms.